The Balaban J connectivity index is 2.88. The van der Waals surface area contributed by atoms with Crippen LogP contribution in [-0.2, 0) is 9.53 Å². The van der Waals surface area contributed by atoms with Gasteiger partial charge in [0.2, 0.25) is 0 Å². The first kappa shape index (κ1) is 15.8. The predicted molar refractivity (Wildman–Crippen MR) is 74.8 cm³/mol. The van der Waals surface area contributed by atoms with Crippen molar-refractivity contribution in [2.45, 2.75) is 26.4 Å². The van der Waals surface area contributed by atoms with E-state index in [0.717, 1.165) is 0 Å². The molecule has 0 saturated heterocycles. The maximum atomic E-state index is 11.5. The minimum absolute atomic E-state index is 0.0712. The molecule has 0 radical (unpaired) electrons. The van der Waals surface area contributed by atoms with Gasteiger partial charge in [-0.3, -0.25) is 0 Å². The Morgan fingerprint density at radius 1 is 1.25 bits per heavy atom. The molecule has 0 atom stereocenters. The molecule has 0 aliphatic rings. The molecule has 1 rings (SSSR count). The van der Waals surface area contributed by atoms with Crippen molar-refractivity contribution < 1.29 is 24.2 Å². The maximum absolute atomic E-state index is 11.5. The summed E-state index contributed by atoms with van der Waals surface area (Å²) in [5.41, 5.74) is 0.173. The number of hydrogen-bond donors (Lipinski definition) is 1. The molecule has 1 aromatic rings. The molecule has 0 saturated carbocycles. The number of rotatable bonds is 4. The number of hydrogen-bond acceptors (Lipinski definition) is 4. The Bertz CT molecular complexity index is 538. The summed E-state index contributed by atoms with van der Waals surface area (Å²) in [5, 5.41) is 8.96. The average molecular weight is 278 g/mol. The summed E-state index contributed by atoms with van der Waals surface area (Å²) in [4.78, 5) is 22.5. The third kappa shape index (κ3) is 4.76. The Morgan fingerprint density at radius 3 is 2.40 bits per heavy atom. The van der Waals surface area contributed by atoms with Crippen LogP contribution in [0.1, 0.15) is 36.7 Å². The van der Waals surface area contributed by atoms with Crippen LogP contribution in [-0.4, -0.2) is 29.8 Å². The van der Waals surface area contributed by atoms with Crippen molar-refractivity contribution in [1.29, 1.82) is 0 Å². The molecule has 0 aliphatic heterocycles. The van der Waals surface area contributed by atoms with Gasteiger partial charge in [0.1, 0.15) is 16.9 Å². The smallest absolute Gasteiger partial charge is 0.339 e. The van der Waals surface area contributed by atoms with Crippen molar-refractivity contribution >= 4 is 18.0 Å². The van der Waals surface area contributed by atoms with E-state index in [1.165, 1.54) is 19.3 Å². The quantitative estimate of drug-likeness (QED) is 0.677. The zero-order valence-electron chi connectivity index (χ0n) is 12.0. The van der Waals surface area contributed by atoms with Gasteiger partial charge in [-0.25, -0.2) is 9.59 Å². The monoisotopic (exact) mass is 278 g/mol. The molecule has 0 heterocycles. The molecular weight excluding hydrogens is 260 g/mol. The molecule has 0 bridgehead atoms. The molecule has 0 aromatic heterocycles. The van der Waals surface area contributed by atoms with Gasteiger partial charge in [-0.05, 0) is 44.5 Å². The highest BCUT2D eigenvalue weighted by Gasteiger charge is 2.14. The van der Waals surface area contributed by atoms with Crippen molar-refractivity contribution in [3.05, 3.63) is 35.4 Å². The fourth-order valence-electron chi connectivity index (χ4n) is 1.49. The van der Waals surface area contributed by atoms with Crippen molar-refractivity contribution in [2.75, 3.05) is 7.11 Å². The van der Waals surface area contributed by atoms with Crippen LogP contribution in [0.25, 0.3) is 6.08 Å². The van der Waals surface area contributed by atoms with Crippen LogP contribution in [0.4, 0.5) is 0 Å². The molecule has 5 nitrogen and oxygen atoms in total. The molecular formula is C15H18O5. The molecule has 1 aromatic carbocycles. The lowest BCUT2D eigenvalue weighted by atomic mass is 10.1. The van der Waals surface area contributed by atoms with Crippen molar-refractivity contribution in [1.82, 2.24) is 0 Å². The zero-order chi connectivity index (χ0) is 15.3. The lowest BCUT2D eigenvalue weighted by Gasteiger charge is -2.17. The van der Waals surface area contributed by atoms with Crippen LogP contribution in [0.15, 0.2) is 24.3 Å². The van der Waals surface area contributed by atoms with Gasteiger partial charge in [0.25, 0.3) is 0 Å². The Hall–Kier alpha value is -2.30. The van der Waals surface area contributed by atoms with Gasteiger partial charge >= 0.3 is 11.9 Å². The lowest BCUT2D eigenvalue weighted by molar-refractivity contribution is -0.148. The SMILES string of the molecule is COc1cc(/C=C/C(=O)OC(C)(C)C)ccc1C(=O)O. The Labute approximate surface area is 117 Å². The standard InChI is InChI=1S/C15H18O5/c1-15(2,3)20-13(16)8-6-10-5-7-11(14(17)18)12(9-10)19-4/h5-9H,1-4H3,(H,17,18)/b8-6+. The highest BCUT2D eigenvalue weighted by molar-refractivity contribution is 5.92. The molecule has 20 heavy (non-hydrogen) atoms. The highest BCUT2D eigenvalue weighted by atomic mass is 16.6. The highest BCUT2D eigenvalue weighted by Crippen LogP contribution is 2.21. The lowest BCUT2D eigenvalue weighted by Crippen LogP contribution is -2.22. The first-order valence-corrected chi connectivity index (χ1v) is 6.05. The molecule has 108 valence electrons. The van der Waals surface area contributed by atoms with Crippen molar-refractivity contribution in [2.24, 2.45) is 0 Å². The second-order valence-corrected chi connectivity index (χ2v) is 5.13. The van der Waals surface area contributed by atoms with Gasteiger partial charge in [-0.2, -0.15) is 0 Å². The van der Waals surface area contributed by atoms with Gasteiger partial charge in [0.15, 0.2) is 0 Å². The average Bonchev–Trinajstić information content (AvgIpc) is 2.33. The van der Waals surface area contributed by atoms with Crippen molar-refractivity contribution in [3.8, 4) is 5.75 Å². The van der Waals surface area contributed by atoms with Gasteiger partial charge in [-0.15, -0.1) is 0 Å². The van der Waals surface area contributed by atoms with Crippen LogP contribution >= 0.6 is 0 Å². The number of carbonyl (C=O) groups is 2. The van der Waals surface area contributed by atoms with Crippen LogP contribution < -0.4 is 4.74 Å². The number of methoxy groups -OCH3 is 1. The number of aromatic carboxylic acids is 1. The molecule has 0 fully saturated rings. The number of esters is 1. The van der Waals surface area contributed by atoms with Gasteiger partial charge in [0.05, 0.1) is 7.11 Å². The fourth-order valence-corrected chi connectivity index (χ4v) is 1.49. The predicted octanol–water partition coefficient (Wildman–Crippen LogP) is 2.75. The topological polar surface area (TPSA) is 72.8 Å². The molecule has 0 amide bonds. The van der Waals surface area contributed by atoms with E-state index in [9.17, 15) is 9.59 Å². The number of carboxylic acids is 1. The number of carboxylic acid groups (broad SMARTS) is 1. The van der Waals surface area contributed by atoms with E-state index in [-0.39, 0.29) is 11.3 Å². The molecule has 5 heteroatoms. The normalized spacial score (nSPS) is 11.4. The van der Waals surface area contributed by atoms with E-state index in [4.69, 9.17) is 14.6 Å². The fraction of sp³-hybridized carbons (Fsp3) is 0.333. The largest absolute Gasteiger partial charge is 0.496 e. The summed E-state index contributed by atoms with van der Waals surface area (Å²) in [6.45, 7) is 5.34. The van der Waals surface area contributed by atoms with Gasteiger partial charge < -0.3 is 14.6 Å². The summed E-state index contributed by atoms with van der Waals surface area (Å²) in [6, 6.07) is 4.56. The Kier molecular flexibility index (Phi) is 4.91. The molecule has 0 spiro atoms. The molecule has 0 unspecified atom stereocenters. The third-order valence-electron chi connectivity index (χ3n) is 2.27. The van der Waals surface area contributed by atoms with E-state index in [0.29, 0.717) is 5.56 Å². The van der Waals surface area contributed by atoms with Crippen LogP contribution in [0.2, 0.25) is 0 Å². The third-order valence-corrected chi connectivity index (χ3v) is 2.27. The number of ether oxygens (including phenoxy) is 2. The Morgan fingerprint density at radius 2 is 1.90 bits per heavy atom. The summed E-state index contributed by atoms with van der Waals surface area (Å²) in [7, 11) is 1.39. The summed E-state index contributed by atoms with van der Waals surface area (Å²) < 4.78 is 10.1. The minimum atomic E-state index is -1.07. The zero-order valence-corrected chi connectivity index (χ0v) is 12.0. The van der Waals surface area contributed by atoms with Crippen LogP contribution in [0, 0.1) is 0 Å². The van der Waals surface area contributed by atoms with Crippen LogP contribution in [0.5, 0.6) is 5.75 Å². The summed E-state index contributed by atoms with van der Waals surface area (Å²) >= 11 is 0. The van der Waals surface area contributed by atoms with E-state index < -0.39 is 17.5 Å². The second-order valence-electron chi connectivity index (χ2n) is 5.13. The van der Waals surface area contributed by atoms with Gasteiger partial charge in [-0.1, -0.05) is 6.07 Å². The van der Waals surface area contributed by atoms with E-state index in [1.807, 2.05) is 0 Å². The van der Waals surface area contributed by atoms with E-state index in [1.54, 1.807) is 39.0 Å². The van der Waals surface area contributed by atoms with Crippen molar-refractivity contribution in [3.63, 3.8) is 0 Å². The molecule has 1 N–H and O–H groups in total. The van der Waals surface area contributed by atoms with E-state index >= 15 is 0 Å². The first-order chi connectivity index (χ1) is 9.23. The second kappa shape index (κ2) is 6.23. The molecule has 0 aliphatic carbocycles. The maximum Gasteiger partial charge on any atom is 0.339 e. The number of benzene rings is 1. The van der Waals surface area contributed by atoms with Crippen LogP contribution in [0.3, 0.4) is 0 Å². The van der Waals surface area contributed by atoms with Gasteiger partial charge in [0, 0.05) is 6.08 Å². The number of carbonyl (C=O) groups excluding carboxylic acids is 1. The first-order valence-electron chi connectivity index (χ1n) is 6.05. The van der Waals surface area contributed by atoms with E-state index in [2.05, 4.69) is 0 Å². The minimum Gasteiger partial charge on any atom is -0.496 e. The summed E-state index contributed by atoms with van der Waals surface area (Å²) in [6.07, 6.45) is 2.84. The summed E-state index contributed by atoms with van der Waals surface area (Å²) in [5.74, 6) is -1.29.